The van der Waals surface area contributed by atoms with Crippen LogP contribution in [-0.2, 0) is 13.2 Å². The Hall–Kier alpha value is -2.57. The van der Waals surface area contributed by atoms with Crippen LogP contribution < -0.4 is 5.32 Å². The monoisotopic (exact) mass is 295 g/mol. The first kappa shape index (κ1) is 14.8. The minimum absolute atomic E-state index is 0.141. The van der Waals surface area contributed by atoms with Gasteiger partial charge >= 0.3 is 6.18 Å². The van der Waals surface area contributed by atoms with Crippen LogP contribution in [-0.4, -0.2) is 15.7 Å². The maximum atomic E-state index is 12.9. The molecule has 7 heteroatoms. The molecule has 4 nitrogen and oxygen atoms in total. The lowest BCUT2D eigenvalue weighted by Gasteiger charge is -2.13. The third kappa shape index (κ3) is 2.96. The Morgan fingerprint density at radius 1 is 1.38 bits per heavy atom. The number of hydrogen-bond donors (Lipinski definition) is 1. The second kappa shape index (κ2) is 5.43. The summed E-state index contributed by atoms with van der Waals surface area (Å²) in [5.74, 6) is -0.679. The van der Waals surface area contributed by atoms with Crippen molar-refractivity contribution in [2.75, 3.05) is 5.32 Å². The topological polar surface area (TPSA) is 46.9 Å². The molecule has 0 aliphatic carbocycles. The number of hydrogen-bond acceptors (Lipinski definition) is 2. The summed E-state index contributed by atoms with van der Waals surface area (Å²) in [7, 11) is 1.53. The molecule has 110 valence electrons. The standard InChI is InChI=1S/C14H12F3N3O/c1-3-9-8-18-20(2)12(9)13(21)19-11-7-5-4-6-10(11)14(15,16)17/h3-8H,1H2,2H3,(H,19,21). The normalized spacial score (nSPS) is 11.2. The van der Waals surface area contributed by atoms with Gasteiger partial charge in [0.05, 0.1) is 17.4 Å². The van der Waals surface area contributed by atoms with E-state index in [2.05, 4.69) is 17.0 Å². The SMILES string of the molecule is C=Cc1cnn(C)c1C(=O)Nc1ccccc1C(F)(F)F. The van der Waals surface area contributed by atoms with E-state index in [-0.39, 0.29) is 11.4 Å². The van der Waals surface area contributed by atoms with Crippen LogP contribution in [0.5, 0.6) is 0 Å². The van der Waals surface area contributed by atoms with Crippen molar-refractivity contribution in [2.45, 2.75) is 6.18 Å². The third-order valence-corrected chi connectivity index (χ3v) is 2.88. The fourth-order valence-corrected chi connectivity index (χ4v) is 1.90. The summed E-state index contributed by atoms with van der Waals surface area (Å²) in [5, 5.41) is 6.15. The molecule has 1 amide bonds. The van der Waals surface area contributed by atoms with Gasteiger partial charge in [-0.3, -0.25) is 9.48 Å². The highest BCUT2D eigenvalue weighted by Gasteiger charge is 2.33. The van der Waals surface area contributed by atoms with Crippen molar-refractivity contribution in [1.29, 1.82) is 0 Å². The molecule has 2 rings (SSSR count). The Balaban J connectivity index is 2.37. The number of halogens is 3. The van der Waals surface area contributed by atoms with E-state index in [0.29, 0.717) is 5.56 Å². The first-order valence-electron chi connectivity index (χ1n) is 5.96. The lowest BCUT2D eigenvalue weighted by molar-refractivity contribution is -0.136. The summed E-state index contributed by atoms with van der Waals surface area (Å²) in [6, 6.07) is 4.79. The molecule has 1 aromatic heterocycles. The third-order valence-electron chi connectivity index (χ3n) is 2.88. The van der Waals surface area contributed by atoms with Gasteiger partial charge in [-0.2, -0.15) is 18.3 Å². The van der Waals surface area contributed by atoms with Crippen LogP contribution in [0.4, 0.5) is 18.9 Å². The van der Waals surface area contributed by atoms with Gasteiger partial charge in [0.25, 0.3) is 5.91 Å². The molecular formula is C14H12F3N3O. The van der Waals surface area contributed by atoms with Crippen LogP contribution in [0.3, 0.4) is 0 Å². The van der Waals surface area contributed by atoms with Crippen molar-refractivity contribution in [3.05, 3.63) is 53.9 Å². The lowest BCUT2D eigenvalue weighted by Crippen LogP contribution is -2.20. The number of nitrogens with zero attached hydrogens (tertiary/aromatic N) is 2. The minimum atomic E-state index is -4.54. The number of nitrogens with one attached hydrogen (secondary N) is 1. The van der Waals surface area contributed by atoms with E-state index in [4.69, 9.17) is 0 Å². The van der Waals surface area contributed by atoms with Crippen LogP contribution in [0.2, 0.25) is 0 Å². The fraction of sp³-hybridized carbons (Fsp3) is 0.143. The van der Waals surface area contributed by atoms with Crippen molar-refractivity contribution >= 4 is 17.7 Å². The summed E-state index contributed by atoms with van der Waals surface area (Å²) in [4.78, 5) is 12.2. The molecular weight excluding hydrogens is 283 g/mol. The molecule has 0 saturated heterocycles. The van der Waals surface area contributed by atoms with Gasteiger partial charge in [0.15, 0.2) is 0 Å². The largest absolute Gasteiger partial charge is 0.418 e. The highest BCUT2D eigenvalue weighted by Crippen LogP contribution is 2.34. The number of anilines is 1. The first-order valence-corrected chi connectivity index (χ1v) is 5.96. The zero-order valence-corrected chi connectivity index (χ0v) is 11.1. The molecule has 1 N–H and O–H groups in total. The molecule has 1 aromatic carbocycles. The van der Waals surface area contributed by atoms with E-state index >= 15 is 0 Å². The van der Waals surface area contributed by atoms with Gasteiger partial charge in [-0.05, 0) is 12.1 Å². The molecule has 0 aliphatic rings. The van der Waals surface area contributed by atoms with E-state index in [1.807, 2.05) is 0 Å². The van der Waals surface area contributed by atoms with Crippen LogP contribution in [0.1, 0.15) is 21.6 Å². The molecule has 0 spiro atoms. The summed E-state index contributed by atoms with van der Waals surface area (Å²) >= 11 is 0. The highest BCUT2D eigenvalue weighted by molar-refractivity contribution is 6.05. The summed E-state index contributed by atoms with van der Waals surface area (Å²) in [5.41, 5.74) is -0.617. The average Bonchev–Trinajstić information content (AvgIpc) is 2.79. The van der Waals surface area contributed by atoms with E-state index in [9.17, 15) is 18.0 Å². The Morgan fingerprint density at radius 2 is 2.05 bits per heavy atom. The fourth-order valence-electron chi connectivity index (χ4n) is 1.90. The van der Waals surface area contributed by atoms with Gasteiger partial charge in [0.1, 0.15) is 5.69 Å². The van der Waals surface area contributed by atoms with Gasteiger partial charge < -0.3 is 5.32 Å². The van der Waals surface area contributed by atoms with Gasteiger partial charge in [-0.1, -0.05) is 24.8 Å². The molecule has 2 aromatic rings. The van der Waals surface area contributed by atoms with Crippen molar-refractivity contribution in [3.8, 4) is 0 Å². The van der Waals surface area contributed by atoms with Crippen LogP contribution in [0.25, 0.3) is 6.08 Å². The maximum Gasteiger partial charge on any atom is 0.418 e. The number of carbonyl (C=O) groups is 1. The molecule has 0 radical (unpaired) electrons. The van der Waals surface area contributed by atoms with Crippen molar-refractivity contribution in [1.82, 2.24) is 9.78 Å². The molecule has 0 unspecified atom stereocenters. The Morgan fingerprint density at radius 3 is 2.67 bits per heavy atom. The zero-order valence-electron chi connectivity index (χ0n) is 11.1. The number of amides is 1. The number of aryl methyl sites for hydroxylation is 1. The van der Waals surface area contributed by atoms with Gasteiger partial charge in [-0.25, -0.2) is 0 Å². The van der Waals surface area contributed by atoms with Crippen LogP contribution in [0, 0.1) is 0 Å². The Kier molecular flexibility index (Phi) is 3.84. The minimum Gasteiger partial charge on any atom is -0.320 e. The molecule has 21 heavy (non-hydrogen) atoms. The lowest BCUT2D eigenvalue weighted by atomic mass is 10.1. The van der Waals surface area contributed by atoms with Gasteiger partial charge in [0, 0.05) is 12.6 Å². The maximum absolute atomic E-state index is 12.9. The predicted octanol–water partition coefficient (Wildman–Crippen LogP) is 3.33. The summed E-state index contributed by atoms with van der Waals surface area (Å²) < 4.78 is 39.9. The number of aromatic nitrogens is 2. The molecule has 0 atom stereocenters. The summed E-state index contributed by atoms with van der Waals surface area (Å²) in [6.07, 6.45) is -1.72. The molecule has 0 fully saturated rings. The van der Waals surface area contributed by atoms with Crippen molar-refractivity contribution in [3.63, 3.8) is 0 Å². The second-order valence-electron chi connectivity index (χ2n) is 4.27. The Bertz CT molecular complexity index is 689. The molecule has 0 saturated carbocycles. The average molecular weight is 295 g/mol. The smallest absolute Gasteiger partial charge is 0.320 e. The van der Waals surface area contributed by atoms with Gasteiger partial charge in [-0.15, -0.1) is 0 Å². The van der Waals surface area contributed by atoms with Crippen LogP contribution >= 0.6 is 0 Å². The highest BCUT2D eigenvalue weighted by atomic mass is 19.4. The van der Waals surface area contributed by atoms with E-state index in [1.165, 1.54) is 42.2 Å². The van der Waals surface area contributed by atoms with Crippen molar-refractivity contribution in [2.24, 2.45) is 7.05 Å². The molecule has 0 bridgehead atoms. The number of carbonyl (C=O) groups excluding carboxylic acids is 1. The van der Waals surface area contributed by atoms with Crippen LogP contribution in [0.15, 0.2) is 37.0 Å². The van der Waals surface area contributed by atoms with Crippen molar-refractivity contribution < 1.29 is 18.0 Å². The first-order chi connectivity index (χ1) is 9.84. The second-order valence-corrected chi connectivity index (χ2v) is 4.27. The van der Waals surface area contributed by atoms with E-state index < -0.39 is 17.6 Å². The molecule has 1 heterocycles. The number of benzene rings is 1. The predicted molar refractivity (Wildman–Crippen MR) is 72.7 cm³/mol. The van der Waals surface area contributed by atoms with E-state index in [0.717, 1.165) is 6.07 Å². The number of para-hydroxylation sites is 1. The van der Waals surface area contributed by atoms with Gasteiger partial charge in [0.2, 0.25) is 0 Å². The molecule has 0 aliphatic heterocycles. The Labute approximate surface area is 118 Å². The zero-order chi connectivity index (χ0) is 15.6. The quantitative estimate of drug-likeness (QED) is 0.944. The summed E-state index contributed by atoms with van der Waals surface area (Å²) in [6.45, 7) is 3.54. The number of rotatable bonds is 3. The van der Waals surface area contributed by atoms with E-state index in [1.54, 1.807) is 0 Å². The number of alkyl halides is 3.